The smallest absolute Gasteiger partial charge is 0.292 e. The van der Waals surface area contributed by atoms with E-state index >= 15 is 0 Å². The van der Waals surface area contributed by atoms with Crippen LogP contribution in [0.1, 0.15) is 69.4 Å². The molecule has 1 saturated heterocycles. The zero-order valence-electron chi connectivity index (χ0n) is 15.7. The zero-order valence-corrected chi connectivity index (χ0v) is 15.7. The Kier molecular flexibility index (Phi) is 6.13. The van der Waals surface area contributed by atoms with Gasteiger partial charge in [-0.05, 0) is 18.9 Å². The maximum absolute atomic E-state index is 13.1. The van der Waals surface area contributed by atoms with Gasteiger partial charge < -0.3 is 14.4 Å². The van der Waals surface area contributed by atoms with Crippen molar-refractivity contribution in [2.24, 2.45) is 0 Å². The summed E-state index contributed by atoms with van der Waals surface area (Å²) in [5, 5.41) is 0. The summed E-state index contributed by atoms with van der Waals surface area (Å²) >= 11 is 0. The van der Waals surface area contributed by atoms with Gasteiger partial charge in [0.05, 0.1) is 18.9 Å². The van der Waals surface area contributed by atoms with E-state index < -0.39 is 5.79 Å². The molecular formula is C21H31NO3. The molecule has 0 radical (unpaired) electrons. The van der Waals surface area contributed by atoms with E-state index in [0.717, 1.165) is 29.8 Å². The van der Waals surface area contributed by atoms with Crippen LogP contribution in [0, 0.1) is 6.92 Å². The van der Waals surface area contributed by atoms with Crippen LogP contribution in [-0.2, 0) is 20.1 Å². The minimum absolute atomic E-state index is 0.0442. The number of rotatable bonds is 9. The molecule has 2 aliphatic heterocycles. The number of carbonyl (C=O) groups excluding carboxylic acids is 1. The largest absolute Gasteiger partial charge is 0.336 e. The lowest BCUT2D eigenvalue weighted by atomic mass is 10.0. The molecule has 1 fully saturated rings. The highest BCUT2D eigenvalue weighted by molar-refractivity contribution is 6.07. The number of hydrogen-bond acceptors (Lipinski definition) is 3. The molecule has 4 heteroatoms. The fraction of sp³-hybridized carbons (Fsp3) is 0.667. The highest BCUT2D eigenvalue weighted by Crippen LogP contribution is 2.47. The van der Waals surface area contributed by atoms with E-state index in [1.807, 2.05) is 17.0 Å². The molecule has 1 spiro atoms. The summed E-state index contributed by atoms with van der Waals surface area (Å²) in [7, 11) is 0. The van der Waals surface area contributed by atoms with E-state index in [-0.39, 0.29) is 5.91 Å². The van der Waals surface area contributed by atoms with Crippen molar-refractivity contribution in [1.29, 1.82) is 0 Å². The molecule has 1 amide bonds. The van der Waals surface area contributed by atoms with Gasteiger partial charge in [-0.2, -0.15) is 0 Å². The minimum Gasteiger partial charge on any atom is -0.336 e. The predicted octanol–water partition coefficient (Wildman–Crippen LogP) is 4.68. The fourth-order valence-electron chi connectivity index (χ4n) is 3.99. The van der Waals surface area contributed by atoms with E-state index in [4.69, 9.17) is 9.47 Å². The van der Waals surface area contributed by atoms with Crippen LogP contribution in [-0.4, -0.2) is 25.7 Å². The van der Waals surface area contributed by atoms with E-state index in [9.17, 15) is 4.79 Å². The van der Waals surface area contributed by atoms with Crippen molar-refractivity contribution in [3.8, 4) is 0 Å². The zero-order chi connectivity index (χ0) is 17.7. The van der Waals surface area contributed by atoms with Gasteiger partial charge in [-0.1, -0.05) is 70.1 Å². The number of nitrogens with zero attached hydrogens (tertiary/aromatic N) is 1. The third-order valence-electron chi connectivity index (χ3n) is 5.32. The van der Waals surface area contributed by atoms with Gasteiger partial charge in [0.1, 0.15) is 0 Å². The summed E-state index contributed by atoms with van der Waals surface area (Å²) in [5.41, 5.74) is 2.99. The van der Waals surface area contributed by atoms with Crippen molar-refractivity contribution in [3.05, 3.63) is 29.3 Å². The lowest BCUT2D eigenvalue weighted by Crippen LogP contribution is -2.41. The number of ether oxygens (including phenoxy) is 2. The van der Waals surface area contributed by atoms with Crippen molar-refractivity contribution < 1.29 is 14.3 Å². The van der Waals surface area contributed by atoms with Crippen molar-refractivity contribution in [1.82, 2.24) is 0 Å². The van der Waals surface area contributed by atoms with Crippen LogP contribution in [0.4, 0.5) is 5.69 Å². The number of hydrogen-bond donors (Lipinski definition) is 0. The van der Waals surface area contributed by atoms with Gasteiger partial charge in [-0.3, -0.25) is 4.79 Å². The average molecular weight is 345 g/mol. The molecule has 1 aromatic carbocycles. The van der Waals surface area contributed by atoms with Gasteiger partial charge in [0.15, 0.2) is 0 Å². The third-order valence-corrected chi connectivity index (χ3v) is 5.32. The summed E-state index contributed by atoms with van der Waals surface area (Å²) in [6.07, 6.45) is 10.1. The third kappa shape index (κ3) is 3.61. The molecule has 0 aliphatic carbocycles. The number of unbranched alkanes of at least 4 members (excludes halogenated alkanes) is 7. The van der Waals surface area contributed by atoms with Crippen LogP contribution < -0.4 is 4.90 Å². The Balaban J connectivity index is 1.58. The highest BCUT2D eigenvalue weighted by atomic mass is 16.7. The van der Waals surface area contributed by atoms with Crippen LogP contribution in [0.5, 0.6) is 0 Å². The fourth-order valence-corrected chi connectivity index (χ4v) is 3.99. The molecule has 2 heterocycles. The monoisotopic (exact) mass is 345 g/mol. The molecule has 2 aliphatic rings. The van der Waals surface area contributed by atoms with Crippen LogP contribution >= 0.6 is 0 Å². The van der Waals surface area contributed by atoms with Crippen molar-refractivity contribution in [2.75, 3.05) is 24.7 Å². The number of amides is 1. The molecular weight excluding hydrogens is 314 g/mol. The Bertz CT molecular complexity index is 593. The minimum atomic E-state index is -1.18. The first-order valence-corrected chi connectivity index (χ1v) is 9.90. The molecule has 138 valence electrons. The van der Waals surface area contributed by atoms with Gasteiger partial charge in [0, 0.05) is 12.1 Å². The molecule has 0 bridgehead atoms. The molecule has 0 atom stereocenters. The number of aryl methyl sites for hydroxylation is 1. The molecule has 1 aromatic rings. The number of carbonyl (C=O) groups is 1. The summed E-state index contributed by atoms with van der Waals surface area (Å²) < 4.78 is 11.6. The lowest BCUT2D eigenvalue weighted by Gasteiger charge is -2.22. The van der Waals surface area contributed by atoms with Crippen molar-refractivity contribution in [2.45, 2.75) is 71.0 Å². The maximum atomic E-state index is 13.1. The molecule has 0 saturated carbocycles. The standard InChI is InChI=1S/C21H31NO3/c1-3-4-5-6-7-8-9-10-14-22-19-17(2)12-11-13-18(19)21(20(22)23)24-15-16-25-21/h11-13H,3-10,14-16H2,1-2H3. The maximum Gasteiger partial charge on any atom is 0.292 e. The second-order valence-corrected chi connectivity index (χ2v) is 7.22. The van der Waals surface area contributed by atoms with Crippen LogP contribution in [0.25, 0.3) is 0 Å². The first-order chi connectivity index (χ1) is 12.2. The van der Waals surface area contributed by atoms with Gasteiger partial charge in [0.2, 0.25) is 0 Å². The Hall–Kier alpha value is -1.39. The number of benzene rings is 1. The van der Waals surface area contributed by atoms with Gasteiger partial charge in [-0.25, -0.2) is 0 Å². The lowest BCUT2D eigenvalue weighted by molar-refractivity contribution is -0.180. The van der Waals surface area contributed by atoms with E-state index in [1.54, 1.807) is 0 Å². The number of fused-ring (bicyclic) bond motifs is 2. The molecule has 3 rings (SSSR count). The summed E-state index contributed by atoms with van der Waals surface area (Å²) in [5.74, 6) is -1.22. The first-order valence-electron chi connectivity index (χ1n) is 9.90. The van der Waals surface area contributed by atoms with E-state index in [1.165, 1.54) is 44.9 Å². The predicted molar refractivity (Wildman–Crippen MR) is 99.7 cm³/mol. The Morgan fingerprint density at radius 3 is 2.32 bits per heavy atom. The quantitative estimate of drug-likeness (QED) is 0.610. The molecule has 4 nitrogen and oxygen atoms in total. The molecule has 25 heavy (non-hydrogen) atoms. The highest BCUT2D eigenvalue weighted by Gasteiger charge is 2.56. The van der Waals surface area contributed by atoms with Crippen LogP contribution in [0.2, 0.25) is 0 Å². The van der Waals surface area contributed by atoms with E-state index in [2.05, 4.69) is 19.9 Å². The topological polar surface area (TPSA) is 38.8 Å². The Morgan fingerprint density at radius 1 is 1.00 bits per heavy atom. The summed E-state index contributed by atoms with van der Waals surface area (Å²) in [4.78, 5) is 14.9. The second-order valence-electron chi connectivity index (χ2n) is 7.22. The number of para-hydroxylation sites is 1. The number of anilines is 1. The second kappa shape index (κ2) is 8.33. The first kappa shape index (κ1) is 18.4. The van der Waals surface area contributed by atoms with Crippen LogP contribution in [0.15, 0.2) is 18.2 Å². The van der Waals surface area contributed by atoms with Crippen molar-refractivity contribution >= 4 is 11.6 Å². The normalized spacial score (nSPS) is 18.3. The van der Waals surface area contributed by atoms with Crippen molar-refractivity contribution in [3.63, 3.8) is 0 Å². The SMILES string of the molecule is CCCCCCCCCCN1C(=O)C2(OCCO2)c2cccc(C)c21. The molecule has 0 unspecified atom stereocenters. The molecule has 0 N–H and O–H groups in total. The van der Waals surface area contributed by atoms with Crippen LogP contribution in [0.3, 0.4) is 0 Å². The van der Waals surface area contributed by atoms with Gasteiger partial charge in [-0.15, -0.1) is 0 Å². The Morgan fingerprint density at radius 2 is 1.64 bits per heavy atom. The van der Waals surface area contributed by atoms with E-state index in [0.29, 0.717) is 13.2 Å². The van der Waals surface area contributed by atoms with Gasteiger partial charge >= 0.3 is 0 Å². The average Bonchev–Trinajstić information content (AvgIpc) is 3.19. The summed E-state index contributed by atoms with van der Waals surface area (Å²) in [6, 6.07) is 6.01. The Labute approximate surface area is 151 Å². The van der Waals surface area contributed by atoms with Gasteiger partial charge in [0.25, 0.3) is 11.7 Å². The summed E-state index contributed by atoms with van der Waals surface area (Å²) in [6.45, 7) is 6.01. The molecule has 0 aromatic heterocycles.